The van der Waals surface area contributed by atoms with E-state index in [2.05, 4.69) is 19.6 Å². The van der Waals surface area contributed by atoms with E-state index in [0.29, 0.717) is 0 Å². The minimum Gasteiger partial charge on any atom is -0.158 e. The van der Waals surface area contributed by atoms with E-state index in [1.807, 2.05) is 11.8 Å². The van der Waals surface area contributed by atoms with Crippen molar-refractivity contribution in [2.45, 2.75) is 78.1 Å². The molecule has 0 amide bonds. The molecule has 0 aromatic carbocycles. The van der Waals surface area contributed by atoms with Gasteiger partial charge in [0.2, 0.25) is 0 Å². The SMILES string of the molecule is CCCCCCCCCCC[CH]SCC. The first-order valence-electron chi connectivity index (χ1n) is 6.85. The van der Waals surface area contributed by atoms with Crippen molar-refractivity contribution in [3.05, 3.63) is 5.75 Å². The van der Waals surface area contributed by atoms with Crippen molar-refractivity contribution in [2.75, 3.05) is 5.75 Å². The highest BCUT2D eigenvalue weighted by atomic mass is 32.2. The van der Waals surface area contributed by atoms with E-state index in [1.165, 1.54) is 70.0 Å². The summed E-state index contributed by atoms with van der Waals surface area (Å²) in [6.45, 7) is 4.50. The Labute approximate surface area is 102 Å². The maximum Gasteiger partial charge on any atom is 0.0166 e. The molecule has 1 radical (unpaired) electrons. The molecule has 15 heavy (non-hydrogen) atoms. The Morgan fingerprint density at radius 1 is 0.733 bits per heavy atom. The molecule has 0 aromatic rings. The number of rotatable bonds is 12. The molecule has 1 heteroatoms. The van der Waals surface area contributed by atoms with Crippen molar-refractivity contribution < 1.29 is 0 Å². The van der Waals surface area contributed by atoms with Crippen molar-refractivity contribution in [1.29, 1.82) is 0 Å². The van der Waals surface area contributed by atoms with Crippen LogP contribution < -0.4 is 0 Å². The second kappa shape index (κ2) is 14.3. The summed E-state index contributed by atoms with van der Waals surface area (Å²) in [5.74, 6) is 3.61. The summed E-state index contributed by atoms with van der Waals surface area (Å²) in [5, 5.41) is 0. The third-order valence-corrected chi connectivity index (χ3v) is 3.51. The number of unbranched alkanes of at least 4 members (excludes halogenated alkanes) is 9. The van der Waals surface area contributed by atoms with Crippen LogP contribution in [0.1, 0.15) is 78.1 Å². The summed E-state index contributed by atoms with van der Waals surface area (Å²) in [6.07, 6.45) is 14.3. The third kappa shape index (κ3) is 14.4. The lowest BCUT2D eigenvalue weighted by atomic mass is 10.1. The minimum absolute atomic E-state index is 1.23. The predicted octanol–water partition coefficient (Wildman–Crippen LogP) is 5.82. The lowest BCUT2D eigenvalue weighted by Gasteiger charge is -2.01. The molecule has 0 spiro atoms. The molecule has 0 rings (SSSR count). The van der Waals surface area contributed by atoms with Crippen LogP contribution in [-0.4, -0.2) is 5.75 Å². The van der Waals surface area contributed by atoms with Crippen LogP contribution in [0.2, 0.25) is 0 Å². The lowest BCUT2D eigenvalue weighted by Crippen LogP contribution is -1.81. The van der Waals surface area contributed by atoms with Gasteiger partial charge < -0.3 is 0 Å². The molecular formula is C14H29S. The van der Waals surface area contributed by atoms with E-state index in [9.17, 15) is 0 Å². The standard InChI is InChI=1S/C14H29S/c1-3-5-6-7-8-9-10-11-12-13-14-15-4-2/h14H,3-13H2,1-2H3. The zero-order valence-electron chi connectivity index (χ0n) is 10.8. The van der Waals surface area contributed by atoms with Crippen LogP contribution in [0.5, 0.6) is 0 Å². The van der Waals surface area contributed by atoms with Crippen LogP contribution in [0, 0.1) is 5.75 Å². The third-order valence-electron chi connectivity index (χ3n) is 2.71. The van der Waals surface area contributed by atoms with E-state index < -0.39 is 0 Å². The summed E-state index contributed by atoms with van der Waals surface area (Å²) in [7, 11) is 0. The largest absolute Gasteiger partial charge is 0.158 e. The molecular weight excluding hydrogens is 200 g/mol. The maximum atomic E-state index is 2.38. The molecule has 91 valence electrons. The van der Waals surface area contributed by atoms with Crippen LogP contribution in [0.25, 0.3) is 0 Å². The molecule has 0 atom stereocenters. The predicted molar refractivity (Wildman–Crippen MR) is 74.3 cm³/mol. The summed E-state index contributed by atoms with van der Waals surface area (Å²) < 4.78 is 0. The second-order valence-corrected chi connectivity index (χ2v) is 5.48. The maximum absolute atomic E-state index is 2.38. The molecule has 0 nitrogen and oxygen atoms in total. The summed E-state index contributed by atoms with van der Waals surface area (Å²) in [6, 6.07) is 0. The zero-order valence-corrected chi connectivity index (χ0v) is 11.6. The van der Waals surface area contributed by atoms with Gasteiger partial charge in [-0.1, -0.05) is 71.6 Å². The fourth-order valence-corrected chi connectivity index (χ4v) is 2.31. The number of thioether (sulfide) groups is 1. The molecule has 0 bridgehead atoms. The van der Waals surface area contributed by atoms with E-state index in [1.54, 1.807) is 0 Å². The molecule has 0 heterocycles. The van der Waals surface area contributed by atoms with Crippen LogP contribution in [0.15, 0.2) is 0 Å². The molecule has 0 saturated carbocycles. The van der Waals surface area contributed by atoms with Crippen LogP contribution in [0.3, 0.4) is 0 Å². The van der Waals surface area contributed by atoms with Crippen molar-refractivity contribution in [2.24, 2.45) is 0 Å². The Morgan fingerprint density at radius 3 is 1.80 bits per heavy atom. The molecule has 0 aliphatic heterocycles. The van der Waals surface area contributed by atoms with Crippen molar-refractivity contribution >= 4 is 11.8 Å². The van der Waals surface area contributed by atoms with Crippen molar-refractivity contribution in [3.63, 3.8) is 0 Å². The Bertz CT molecular complexity index is 89.5. The van der Waals surface area contributed by atoms with Gasteiger partial charge in [-0.3, -0.25) is 0 Å². The van der Waals surface area contributed by atoms with Gasteiger partial charge in [-0.05, 0) is 12.2 Å². The highest BCUT2D eigenvalue weighted by Crippen LogP contribution is 2.14. The zero-order chi connectivity index (χ0) is 11.2. The first-order valence-corrected chi connectivity index (χ1v) is 7.90. The average molecular weight is 229 g/mol. The van der Waals surface area contributed by atoms with Gasteiger partial charge in [0.05, 0.1) is 0 Å². The minimum atomic E-state index is 1.23. The molecule has 0 aliphatic carbocycles. The average Bonchev–Trinajstić information content (AvgIpc) is 2.26. The molecule has 0 aliphatic rings. The normalized spacial score (nSPS) is 10.8. The Kier molecular flexibility index (Phi) is 14.7. The first-order chi connectivity index (χ1) is 7.41. The highest BCUT2D eigenvalue weighted by Gasteiger charge is 1.92. The molecule has 0 aromatic heterocycles. The van der Waals surface area contributed by atoms with Crippen molar-refractivity contribution in [3.8, 4) is 0 Å². The smallest absolute Gasteiger partial charge is 0.0166 e. The quantitative estimate of drug-likeness (QED) is 0.380. The fraction of sp³-hybridized carbons (Fsp3) is 0.929. The number of hydrogen-bond donors (Lipinski definition) is 0. The van der Waals surface area contributed by atoms with Gasteiger partial charge in [-0.15, -0.1) is 0 Å². The summed E-state index contributed by atoms with van der Waals surface area (Å²) in [4.78, 5) is 0. The number of hydrogen-bond acceptors (Lipinski definition) is 1. The fourth-order valence-electron chi connectivity index (χ4n) is 1.74. The van der Waals surface area contributed by atoms with E-state index in [-0.39, 0.29) is 0 Å². The summed E-state index contributed by atoms with van der Waals surface area (Å²) >= 11 is 1.96. The Morgan fingerprint density at radius 2 is 1.27 bits per heavy atom. The van der Waals surface area contributed by atoms with Gasteiger partial charge in [0.15, 0.2) is 0 Å². The van der Waals surface area contributed by atoms with Gasteiger partial charge in [0, 0.05) is 5.75 Å². The second-order valence-electron chi connectivity index (χ2n) is 4.24. The van der Waals surface area contributed by atoms with Crippen molar-refractivity contribution in [1.82, 2.24) is 0 Å². The summed E-state index contributed by atoms with van der Waals surface area (Å²) in [5.41, 5.74) is 0. The van der Waals surface area contributed by atoms with Crippen LogP contribution >= 0.6 is 11.8 Å². The van der Waals surface area contributed by atoms with Gasteiger partial charge in [-0.2, -0.15) is 11.8 Å². The molecule has 0 saturated heterocycles. The van der Waals surface area contributed by atoms with Crippen LogP contribution in [-0.2, 0) is 0 Å². The Balaban J connectivity index is 2.81. The van der Waals surface area contributed by atoms with Gasteiger partial charge in [0.25, 0.3) is 0 Å². The monoisotopic (exact) mass is 229 g/mol. The highest BCUT2D eigenvalue weighted by molar-refractivity contribution is 8.01. The first kappa shape index (κ1) is 15.3. The van der Waals surface area contributed by atoms with Gasteiger partial charge >= 0.3 is 0 Å². The topological polar surface area (TPSA) is 0 Å². The molecule has 0 fully saturated rings. The molecule has 0 N–H and O–H groups in total. The van der Waals surface area contributed by atoms with Gasteiger partial charge in [-0.25, -0.2) is 0 Å². The Hall–Kier alpha value is 0.350. The lowest BCUT2D eigenvalue weighted by molar-refractivity contribution is 0.565. The van der Waals surface area contributed by atoms with E-state index in [4.69, 9.17) is 0 Å². The van der Waals surface area contributed by atoms with E-state index >= 15 is 0 Å². The van der Waals surface area contributed by atoms with E-state index in [0.717, 1.165) is 0 Å². The molecule has 0 unspecified atom stereocenters. The van der Waals surface area contributed by atoms with Crippen LogP contribution in [0.4, 0.5) is 0 Å². The van der Waals surface area contributed by atoms with Gasteiger partial charge in [0.1, 0.15) is 0 Å².